The van der Waals surface area contributed by atoms with Gasteiger partial charge in [-0.3, -0.25) is 10.1 Å². The maximum atomic E-state index is 13.1. The number of hydrogen-bond acceptors (Lipinski definition) is 3. The summed E-state index contributed by atoms with van der Waals surface area (Å²) in [6.07, 6.45) is 0. The largest absolute Gasteiger partial charge is 0.457 e. The molecule has 2 aromatic carbocycles. The number of benzene rings is 2. The van der Waals surface area contributed by atoms with Gasteiger partial charge in [-0.1, -0.05) is 31.9 Å². The third kappa shape index (κ3) is 3.55. The van der Waals surface area contributed by atoms with Gasteiger partial charge in [0, 0.05) is 21.4 Å². The minimum absolute atomic E-state index is 0.0862. The van der Waals surface area contributed by atoms with Crippen LogP contribution < -0.4 is 4.74 Å². The molecule has 7 heteroatoms. The van der Waals surface area contributed by atoms with Gasteiger partial charge >= 0.3 is 0 Å². The Morgan fingerprint density at radius 3 is 2.65 bits per heavy atom. The average Bonchev–Trinajstić information content (AvgIpc) is 2.40. The summed E-state index contributed by atoms with van der Waals surface area (Å²) in [5.41, 5.74) is 0.532. The number of non-ortho nitro benzene ring substituents is 1. The summed E-state index contributed by atoms with van der Waals surface area (Å²) in [4.78, 5) is 10.3. The molecule has 104 valence electrons. The highest BCUT2D eigenvalue weighted by Crippen LogP contribution is 2.32. The standard InChI is InChI=1S/C13H8Br2FNO3/c14-7-8-3-10(16)1-2-13(8)20-12-5-9(15)4-11(6-12)17(18)19/h1-6H,7H2. The van der Waals surface area contributed by atoms with Crippen LogP contribution >= 0.6 is 31.9 Å². The number of rotatable bonds is 4. The first-order chi connectivity index (χ1) is 9.49. The molecule has 0 amide bonds. The minimum atomic E-state index is -0.506. The molecule has 2 aromatic rings. The van der Waals surface area contributed by atoms with Crippen molar-refractivity contribution in [3.05, 3.63) is 62.4 Å². The molecule has 0 heterocycles. The fourth-order valence-corrected chi connectivity index (χ4v) is 2.49. The van der Waals surface area contributed by atoms with Gasteiger partial charge in [0.15, 0.2) is 0 Å². The number of nitro groups is 1. The Balaban J connectivity index is 2.37. The van der Waals surface area contributed by atoms with E-state index in [1.54, 1.807) is 6.07 Å². The smallest absolute Gasteiger partial charge is 0.274 e. The van der Waals surface area contributed by atoms with E-state index < -0.39 is 4.92 Å². The van der Waals surface area contributed by atoms with Crippen molar-refractivity contribution in [1.29, 1.82) is 0 Å². The van der Waals surface area contributed by atoms with Gasteiger partial charge in [-0.2, -0.15) is 0 Å². The molecule has 0 N–H and O–H groups in total. The molecule has 20 heavy (non-hydrogen) atoms. The molecule has 0 atom stereocenters. The SMILES string of the molecule is O=[N+]([O-])c1cc(Br)cc(Oc2ccc(F)cc2CBr)c1. The molecular weight excluding hydrogens is 397 g/mol. The summed E-state index contributed by atoms with van der Waals surface area (Å²) in [5, 5.41) is 11.2. The van der Waals surface area contributed by atoms with Gasteiger partial charge < -0.3 is 4.74 Å². The Morgan fingerprint density at radius 2 is 2.00 bits per heavy atom. The summed E-state index contributed by atoms with van der Waals surface area (Å²) < 4.78 is 19.3. The van der Waals surface area contributed by atoms with E-state index in [0.29, 0.717) is 26.9 Å². The number of halogens is 3. The first-order valence-electron chi connectivity index (χ1n) is 5.47. The van der Waals surface area contributed by atoms with Gasteiger partial charge in [0.05, 0.1) is 11.0 Å². The fraction of sp³-hybridized carbons (Fsp3) is 0.0769. The van der Waals surface area contributed by atoms with Crippen molar-refractivity contribution < 1.29 is 14.1 Å². The fourth-order valence-electron chi connectivity index (χ4n) is 1.59. The third-order valence-corrected chi connectivity index (χ3v) is 3.52. The molecule has 0 bridgehead atoms. The molecule has 0 radical (unpaired) electrons. The van der Waals surface area contributed by atoms with Gasteiger partial charge in [-0.15, -0.1) is 0 Å². The minimum Gasteiger partial charge on any atom is -0.457 e. The van der Waals surface area contributed by atoms with E-state index in [1.165, 1.54) is 30.3 Å². The van der Waals surface area contributed by atoms with Crippen LogP contribution in [0.3, 0.4) is 0 Å². The van der Waals surface area contributed by atoms with Crippen LogP contribution in [0.1, 0.15) is 5.56 Å². The quantitative estimate of drug-likeness (QED) is 0.400. The van der Waals surface area contributed by atoms with Crippen LogP contribution in [-0.4, -0.2) is 4.92 Å². The van der Waals surface area contributed by atoms with E-state index in [2.05, 4.69) is 31.9 Å². The summed E-state index contributed by atoms with van der Waals surface area (Å²) in [5.74, 6) is 0.377. The van der Waals surface area contributed by atoms with Crippen molar-refractivity contribution >= 4 is 37.5 Å². The Labute approximate surface area is 131 Å². The predicted molar refractivity (Wildman–Crippen MR) is 79.9 cm³/mol. The Kier molecular flexibility index (Phi) is 4.72. The number of nitrogens with zero attached hydrogens (tertiary/aromatic N) is 1. The van der Waals surface area contributed by atoms with Crippen molar-refractivity contribution in [2.45, 2.75) is 5.33 Å². The van der Waals surface area contributed by atoms with Crippen LogP contribution in [0, 0.1) is 15.9 Å². The van der Waals surface area contributed by atoms with Crippen LogP contribution in [0.2, 0.25) is 0 Å². The molecule has 0 saturated carbocycles. The second kappa shape index (κ2) is 6.32. The van der Waals surface area contributed by atoms with Gasteiger partial charge in [-0.05, 0) is 24.3 Å². The Hall–Kier alpha value is -1.47. The zero-order chi connectivity index (χ0) is 14.7. The van der Waals surface area contributed by atoms with Crippen molar-refractivity contribution in [3.8, 4) is 11.5 Å². The molecule has 0 aliphatic carbocycles. The lowest BCUT2D eigenvalue weighted by atomic mass is 10.2. The molecule has 0 aliphatic rings. The van der Waals surface area contributed by atoms with E-state index in [1.807, 2.05) is 0 Å². The second-order valence-electron chi connectivity index (χ2n) is 3.89. The topological polar surface area (TPSA) is 52.4 Å². The average molecular weight is 405 g/mol. The van der Waals surface area contributed by atoms with E-state index in [0.717, 1.165) is 0 Å². The van der Waals surface area contributed by atoms with Crippen LogP contribution in [0.15, 0.2) is 40.9 Å². The molecule has 4 nitrogen and oxygen atoms in total. The summed E-state index contributed by atoms with van der Waals surface area (Å²) in [7, 11) is 0. The van der Waals surface area contributed by atoms with E-state index in [4.69, 9.17) is 4.74 Å². The second-order valence-corrected chi connectivity index (χ2v) is 5.37. The summed E-state index contributed by atoms with van der Waals surface area (Å²) in [6, 6.07) is 8.40. The highest BCUT2D eigenvalue weighted by Gasteiger charge is 2.12. The lowest BCUT2D eigenvalue weighted by Gasteiger charge is -2.10. The van der Waals surface area contributed by atoms with Crippen molar-refractivity contribution in [2.75, 3.05) is 0 Å². The van der Waals surface area contributed by atoms with Crippen LogP contribution in [0.4, 0.5) is 10.1 Å². The lowest BCUT2D eigenvalue weighted by Crippen LogP contribution is -1.93. The van der Waals surface area contributed by atoms with Crippen LogP contribution in [0.5, 0.6) is 11.5 Å². The molecule has 0 aromatic heterocycles. The van der Waals surface area contributed by atoms with Gasteiger partial charge in [0.25, 0.3) is 5.69 Å². The highest BCUT2D eigenvalue weighted by molar-refractivity contribution is 9.10. The van der Waals surface area contributed by atoms with Crippen LogP contribution in [0.25, 0.3) is 0 Å². The molecule has 0 aliphatic heterocycles. The van der Waals surface area contributed by atoms with Crippen molar-refractivity contribution in [2.24, 2.45) is 0 Å². The highest BCUT2D eigenvalue weighted by atomic mass is 79.9. The van der Waals surface area contributed by atoms with Crippen molar-refractivity contribution in [3.63, 3.8) is 0 Å². The maximum Gasteiger partial charge on any atom is 0.274 e. The molecule has 0 saturated heterocycles. The first-order valence-corrected chi connectivity index (χ1v) is 7.38. The first kappa shape index (κ1) is 14.9. The Morgan fingerprint density at radius 1 is 1.25 bits per heavy atom. The number of ether oxygens (including phenoxy) is 1. The molecule has 0 fully saturated rings. The Bertz CT molecular complexity index is 664. The van der Waals surface area contributed by atoms with Gasteiger partial charge in [-0.25, -0.2) is 4.39 Å². The van der Waals surface area contributed by atoms with Gasteiger partial charge in [0.1, 0.15) is 17.3 Å². The number of hydrogen-bond donors (Lipinski definition) is 0. The van der Waals surface area contributed by atoms with Crippen LogP contribution in [-0.2, 0) is 5.33 Å². The summed E-state index contributed by atoms with van der Waals surface area (Å²) in [6.45, 7) is 0. The van der Waals surface area contributed by atoms with Gasteiger partial charge in [0.2, 0.25) is 0 Å². The third-order valence-electron chi connectivity index (χ3n) is 2.46. The van der Waals surface area contributed by atoms with Crippen molar-refractivity contribution in [1.82, 2.24) is 0 Å². The zero-order valence-electron chi connectivity index (χ0n) is 9.98. The molecule has 0 unspecified atom stereocenters. The molecule has 2 rings (SSSR count). The molecule has 0 spiro atoms. The normalized spacial score (nSPS) is 10.3. The van der Waals surface area contributed by atoms with E-state index in [-0.39, 0.29) is 11.5 Å². The van der Waals surface area contributed by atoms with E-state index in [9.17, 15) is 14.5 Å². The number of alkyl halides is 1. The van der Waals surface area contributed by atoms with E-state index >= 15 is 0 Å². The lowest BCUT2D eigenvalue weighted by molar-refractivity contribution is -0.385. The summed E-state index contributed by atoms with van der Waals surface area (Å²) >= 11 is 6.43. The maximum absolute atomic E-state index is 13.1. The monoisotopic (exact) mass is 403 g/mol. The number of nitro benzene ring substituents is 1. The molecular formula is C13H8Br2FNO3. The zero-order valence-corrected chi connectivity index (χ0v) is 13.1. The predicted octanol–water partition coefficient (Wildman–Crippen LogP) is 5.18.